The molecule has 72 valence electrons. The maximum atomic E-state index is 9.86. The molecule has 0 spiro atoms. The van der Waals surface area contributed by atoms with Gasteiger partial charge in [0.05, 0.1) is 0 Å². The predicted molar refractivity (Wildman–Crippen MR) is 55.1 cm³/mol. The molecule has 1 rings (SSSR count). The van der Waals surface area contributed by atoms with Crippen molar-refractivity contribution in [1.29, 1.82) is 0 Å². The van der Waals surface area contributed by atoms with Crippen LogP contribution in [0.1, 0.15) is 12.5 Å². The van der Waals surface area contributed by atoms with Crippen molar-refractivity contribution in [2.45, 2.75) is 12.5 Å². The Bertz CT molecular complexity index is 292. The minimum Gasteiger partial charge on any atom is -0.384 e. The highest BCUT2D eigenvalue weighted by Gasteiger charge is 2.26. The van der Waals surface area contributed by atoms with Crippen molar-refractivity contribution < 1.29 is 5.11 Å². The normalized spacial score (nSPS) is 15.5. The number of benzene rings is 1. The van der Waals surface area contributed by atoms with Crippen molar-refractivity contribution >= 4 is 23.2 Å². The molecule has 1 aromatic rings. The highest BCUT2D eigenvalue weighted by atomic mass is 35.5. The summed E-state index contributed by atoms with van der Waals surface area (Å²) >= 11 is 11.8. The minimum atomic E-state index is -1.17. The van der Waals surface area contributed by atoms with Crippen LogP contribution in [-0.2, 0) is 5.60 Å². The molecule has 0 radical (unpaired) electrons. The largest absolute Gasteiger partial charge is 0.384 e. The van der Waals surface area contributed by atoms with Gasteiger partial charge in [0, 0.05) is 22.2 Å². The number of aliphatic hydroxyl groups is 1. The number of hydrogen-bond acceptors (Lipinski definition) is 2. The van der Waals surface area contributed by atoms with E-state index in [0.29, 0.717) is 15.6 Å². The summed E-state index contributed by atoms with van der Waals surface area (Å²) in [5, 5.41) is 10.7. The molecule has 0 saturated carbocycles. The topological polar surface area (TPSA) is 46.2 Å². The molecule has 0 heterocycles. The van der Waals surface area contributed by atoms with Gasteiger partial charge < -0.3 is 10.8 Å². The van der Waals surface area contributed by atoms with Gasteiger partial charge in [-0.2, -0.15) is 0 Å². The molecule has 0 aliphatic rings. The average molecular weight is 220 g/mol. The van der Waals surface area contributed by atoms with Crippen LogP contribution < -0.4 is 5.73 Å². The van der Waals surface area contributed by atoms with Crippen LogP contribution in [0, 0.1) is 0 Å². The molecule has 0 aromatic heterocycles. The summed E-state index contributed by atoms with van der Waals surface area (Å²) in [6, 6.07) is 5.07. The van der Waals surface area contributed by atoms with Gasteiger partial charge in [0.1, 0.15) is 5.60 Å². The van der Waals surface area contributed by atoms with Crippen LogP contribution in [0.4, 0.5) is 0 Å². The van der Waals surface area contributed by atoms with Crippen LogP contribution in [0.2, 0.25) is 10.0 Å². The van der Waals surface area contributed by atoms with Crippen LogP contribution >= 0.6 is 23.2 Å². The zero-order valence-electron chi connectivity index (χ0n) is 7.22. The van der Waals surface area contributed by atoms with Gasteiger partial charge in [-0.1, -0.05) is 29.3 Å². The second-order valence-corrected chi connectivity index (χ2v) is 3.89. The lowest BCUT2D eigenvalue weighted by atomic mass is 9.96. The van der Waals surface area contributed by atoms with E-state index in [0.717, 1.165) is 0 Å². The van der Waals surface area contributed by atoms with Crippen LogP contribution in [0.3, 0.4) is 0 Å². The lowest BCUT2D eigenvalue weighted by molar-refractivity contribution is 0.0670. The molecule has 0 fully saturated rings. The van der Waals surface area contributed by atoms with E-state index in [-0.39, 0.29) is 6.54 Å². The summed E-state index contributed by atoms with van der Waals surface area (Å²) in [4.78, 5) is 0. The van der Waals surface area contributed by atoms with E-state index < -0.39 is 5.60 Å². The molecular weight excluding hydrogens is 209 g/mol. The molecule has 4 heteroatoms. The molecule has 0 bridgehead atoms. The zero-order chi connectivity index (χ0) is 10.1. The second kappa shape index (κ2) is 3.84. The first-order chi connectivity index (χ1) is 5.99. The summed E-state index contributed by atoms with van der Waals surface area (Å²) in [7, 11) is 0. The first-order valence-corrected chi connectivity index (χ1v) is 4.61. The molecule has 3 N–H and O–H groups in total. The monoisotopic (exact) mass is 219 g/mol. The Morgan fingerprint density at radius 3 is 2.23 bits per heavy atom. The van der Waals surface area contributed by atoms with Crippen LogP contribution in [0.25, 0.3) is 0 Å². The van der Waals surface area contributed by atoms with Gasteiger partial charge in [-0.25, -0.2) is 0 Å². The second-order valence-electron chi connectivity index (χ2n) is 3.07. The predicted octanol–water partition coefficient (Wildman–Crippen LogP) is 2.16. The number of halogens is 2. The van der Waals surface area contributed by atoms with Crippen molar-refractivity contribution in [2.75, 3.05) is 6.54 Å². The smallest absolute Gasteiger partial charge is 0.102 e. The SMILES string of the molecule is CC(O)(CN)c1c(Cl)cccc1Cl. The van der Waals surface area contributed by atoms with Gasteiger partial charge in [0.15, 0.2) is 0 Å². The third kappa shape index (κ3) is 2.15. The fourth-order valence-corrected chi connectivity index (χ4v) is 1.92. The Balaban J connectivity index is 3.28. The Morgan fingerprint density at radius 1 is 1.38 bits per heavy atom. The molecular formula is C9H11Cl2NO. The van der Waals surface area contributed by atoms with Gasteiger partial charge in [-0.05, 0) is 19.1 Å². The standard InChI is InChI=1S/C9H11Cl2NO/c1-9(13,5-12)8-6(10)3-2-4-7(8)11/h2-4,13H,5,12H2,1H3. The summed E-state index contributed by atoms with van der Waals surface area (Å²) in [6.45, 7) is 1.66. The number of nitrogens with two attached hydrogens (primary N) is 1. The minimum absolute atomic E-state index is 0.0798. The molecule has 1 aromatic carbocycles. The Kier molecular flexibility index (Phi) is 3.19. The van der Waals surface area contributed by atoms with Crippen molar-refractivity contribution in [1.82, 2.24) is 0 Å². The van der Waals surface area contributed by atoms with E-state index in [1.165, 1.54) is 0 Å². The fraction of sp³-hybridized carbons (Fsp3) is 0.333. The van der Waals surface area contributed by atoms with Crippen molar-refractivity contribution in [2.24, 2.45) is 5.73 Å². The highest BCUT2D eigenvalue weighted by Crippen LogP contribution is 2.33. The van der Waals surface area contributed by atoms with E-state index in [1.54, 1.807) is 25.1 Å². The molecule has 0 amide bonds. The average Bonchev–Trinajstić information content (AvgIpc) is 2.03. The van der Waals surface area contributed by atoms with Gasteiger partial charge in [-0.15, -0.1) is 0 Å². The summed E-state index contributed by atoms with van der Waals surface area (Å²) < 4.78 is 0. The van der Waals surface area contributed by atoms with Crippen LogP contribution in [0.5, 0.6) is 0 Å². The molecule has 0 saturated heterocycles. The lowest BCUT2D eigenvalue weighted by Crippen LogP contribution is -2.31. The highest BCUT2D eigenvalue weighted by molar-refractivity contribution is 6.36. The lowest BCUT2D eigenvalue weighted by Gasteiger charge is -2.23. The molecule has 2 nitrogen and oxygen atoms in total. The Hall–Kier alpha value is -0.280. The summed E-state index contributed by atoms with van der Waals surface area (Å²) in [6.07, 6.45) is 0. The van der Waals surface area contributed by atoms with E-state index in [4.69, 9.17) is 28.9 Å². The van der Waals surface area contributed by atoms with Crippen molar-refractivity contribution in [3.63, 3.8) is 0 Å². The fourth-order valence-electron chi connectivity index (χ4n) is 1.11. The quantitative estimate of drug-likeness (QED) is 0.802. The molecule has 0 aliphatic carbocycles. The maximum absolute atomic E-state index is 9.86. The summed E-state index contributed by atoms with van der Waals surface area (Å²) in [5.41, 5.74) is 4.72. The number of rotatable bonds is 2. The maximum Gasteiger partial charge on any atom is 0.102 e. The van der Waals surface area contributed by atoms with E-state index in [9.17, 15) is 5.11 Å². The molecule has 0 aliphatic heterocycles. The van der Waals surface area contributed by atoms with Crippen LogP contribution in [-0.4, -0.2) is 11.7 Å². The van der Waals surface area contributed by atoms with Crippen molar-refractivity contribution in [3.8, 4) is 0 Å². The number of hydrogen-bond donors (Lipinski definition) is 2. The van der Waals surface area contributed by atoms with E-state index in [1.807, 2.05) is 0 Å². The van der Waals surface area contributed by atoms with E-state index >= 15 is 0 Å². The van der Waals surface area contributed by atoms with Gasteiger partial charge in [0.25, 0.3) is 0 Å². The van der Waals surface area contributed by atoms with Crippen molar-refractivity contribution in [3.05, 3.63) is 33.8 Å². The molecule has 13 heavy (non-hydrogen) atoms. The first kappa shape index (κ1) is 10.8. The van der Waals surface area contributed by atoms with Crippen LogP contribution in [0.15, 0.2) is 18.2 Å². The summed E-state index contributed by atoms with van der Waals surface area (Å²) in [5.74, 6) is 0. The third-order valence-corrected chi connectivity index (χ3v) is 2.53. The van der Waals surface area contributed by atoms with E-state index in [2.05, 4.69) is 0 Å². The zero-order valence-corrected chi connectivity index (χ0v) is 8.73. The van der Waals surface area contributed by atoms with Gasteiger partial charge in [-0.3, -0.25) is 0 Å². The Morgan fingerprint density at radius 2 is 1.85 bits per heavy atom. The van der Waals surface area contributed by atoms with Gasteiger partial charge in [0.2, 0.25) is 0 Å². The third-order valence-electron chi connectivity index (χ3n) is 1.90. The van der Waals surface area contributed by atoms with Gasteiger partial charge >= 0.3 is 0 Å². The molecule has 1 unspecified atom stereocenters. The first-order valence-electron chi connectivity index (χ1n) is 3.86. The molecule has 1 atom stereocenters. The Labute approximate surface area is 87.3 Å².